The molecular formula is C17H19N3O3. The van der Waals surface area contributed by atoms with Gasteiger partial charge in [0.25, 0.3) is 5.91 Å². The Balaban J connectivity index is 2.02. The fraction of sp³-hybridized carbons (Fsp3) is 0.235. The highest BCUT2D eigenvalue weighted by atomic mass is 16.5. The second kappa shape index (κ2) is 7.40. The first-order valence-electron chi connectivity index (χ1n) is 7.10. The predicted molar refractivity (Wildman–Crippen MR) is 87.2 cm³/mol. The summed E-state index contributed by atoms with van der Waals surface area (Å²) >= 11 is 0. The molecule has 0 radical (unpaired) electrons. The molecular weight excluding hydrogens is 294 g/mol. The molecule has 1 heterocycles. The SMILES string of the molecule is CN(C)C(=O)COc1cccc(C(=O)/C=C/c2cnn(C)c2)c1. The van der Waals surface area contributed by atoms with Crippen LogP contribution in [0.15, 0.2) is 42.7 Å². The molecule has 0 saturated carbocycles. The number of amides is 1. The van der Waals surface area contributed by atoms with Crippen LogP contribution in [0, 0.1) is 0 Å². The van der Waals surface area contributed by atoms with Gasteiger partial charge in [-0.3, -0.25) is 14.3 Å². The third-order valence-corrected chi connectivity index (χ3v) is 3.13. The van der Waals surface area contributed by atoms with Crippen molar-refractivity contribution >= 4 is 17.8 Å². The monoisotopic (exact) mass is 313 g/mol. The van der Waals surface area contributed by atoms with Crippen LogP contribution in [0.4, 0.5) is 0 Å². The van der Waals surface area contributed by atoms with Crippen molar-refractivity contribution in [3.63, 3.8) is 0 Å². The molecule has 0 unspecified atom stereocenters. The van der Waals surface area contributed by atoms with Gasteiger partial charge in [-0.15, -0.1) is 0 Å². The third kappa shape index (κ3) is 4.81. The van der Waals surface area contributed by atoms with Crippen molar-refractivity contribution in [2.75, 3.05) is 20.7 Å². The normalized spacial score (nSPS) is 10.7. The molecule has 0 aliphatic heterocycles. The first-order chi connectivity index (χ1) is 11.0. The molecule has 0 aliphatic rings. The number of ketones is 1. The number of aromatic nitrogens is 2. The van der Waals surface area contributed by atoms with Crippen LogP contribution in [0.25, 0.3) is 6.08 Å². The fourth-order valence-corrected chi connectivity index (χ4v) is 1.81. The number of allylic oxidation sites excluding steroid dienone is 1. The predicted octanol–water partition coefficient (Wildman–Crippen LogP) is 1.78. The molecule has 0 aliphatic carbocycles. The lowest BCUT2D eigenvalue weighted by atomic mass is 10.1. The molecule has 1 aromatic carbocycles. The highest BCUT2D eigenvalue weighted by molar-refractivity contribution is 6.07. The first-order valence-corrected chi connectivity index (χ1v) is 7.10. The molecule has 0 spiro atoms. The van der Waals surface area contributed by atoms with Crippen LogP contribution in [0.3, 0.4) is 0 Å². The van der Waals surface area contributed by atoms with E-state index in [0.717, 1.165) is 5.56 Å². The zero-order valence-electron chi connectivity index (χ0n) is 13.4. The fourth-order valence-electron chi connectivity index (χ4n) is 1.81. The van der Waals surface area contributed by atoms with Crippen LogP contribution in [0.2, 0.25) is 0 Å². The van der Waals surface area contributed by atoms with Crippen LogP contribution < -0.4 is 4.74 Å². The van der Waals surface area contributed by atoms with Gasteiger partial charge in [0.2, 0.25) is 0 Å². The maximum absolute atomic E-state index is 12.2. The summed E-state index contributed by atoms with van der Waals surface area (Å²) < 4.78 is 7.07. The zero-order chi connectivity index (χ0) is 16.8. The van der Waals surface area contributed by atoms with Crippen molar-refractivity contribution in [3.05, 3.63) is 53.9 Å². The van der Waals surface area contributed by atoms with Crippen LogP contribution in [-0.2, 0) is 11.8 Å². The lowest BCUT2D eigenvalue weighted by Crippen LogP contribution is -2.27. The Bertz CT molecular complexity index is 732. The summed E-state index contributed by atoms with van der Waals surface area (Å²) in [5, 5.41) is 4.03. The number of aryl methyl sites for hydroxylation is 1. The van der Waals surface area contributed by atoms with E-state index in [1.54, 1.807) is 55.3 Å². The van der Waals surface area contributed by atoms with E-state index in [-0.39, 0.29) is 18.3 Å². The Morgan fingerprint density at radius 1 is 1.35 bits per heavy atom. The van der Waals surface area contributed by atoms with E-state index < -0.39 is 0 Å². The van der Waals surface area contributed by atoms with Gasteiger partial charge in [0, 0.05) is 38.5 Å². The van der Waals surface area contributed by atoms with E-state index in [2.05, 4.69) is 5.10 Å². The van der Waals surface area contributed by atoms with Crippen molar-refractivity contribution in [2.24, 2.45) is 7.05 Å². The van der Waals surface area contributed by atoms with Crippen LogP contribution in [0.1, 0.15) is 15.9 Å². The third-order valence-electron chi connectivity index (χ3n) is 3.13. The second-order valence-corrected chi connectivity index (χ2v) is 5.25. The van der Waals surface area contributed by atoms with E-state index >= 15 is 0 Å². The average Bonchev–Trinajstić information content (AvgIpc) is 2.96. The molecule has 0 fully saturated rings. The lowest BCUT2D eigenvalue weighted by Gasteiger charge is -2.11. The molecule has 0 saturated heterocycles. The van der Waals surface area contributed by atoms with Crippen LogP contribution in [0.5, 0.6) is 5.75 Å². The van der Waals surface area contributed by atoms with E-state index in [1.165, 1.54) is 11.0 Å². The van der Waals surface area contributed by atoms with E-state index in [0.29, 0.717) is 11.3 Å². The molecule has 0 bridgehead atoms. The maximum Gasteiger partial charge on any atom is 0.259 e. The van der Waals surface area contributed by atoms with E-state index in [9.17, 15) is 9.59 Å². The van der Waals surface area contributed by atoms with E-state index in [1.807, 2.05) is 13.2 Å². The molecule has 1 amide bonds. The molecule has 1 aromatic heterocycles. The van der Waals surface area contributed by atoms with E-state index in [4.69, 9.17) is 4.74 Å². The summed E-state index contributed by atoms with van der Waals surface area (Å²) in [4.78, 5) is 25.1. The number of carbonyl (C=O) groups excluding carboxylic acids is 2. The summed E-state index contributed by atoms with van der Waals surface area (Å²) in [6.45, 7) is -0.0594. The van der Waals surface area contributed by atoms with Crippen molar-refractivity contribution in [1.82, 2.24) is 14.7 Å². The largest absolute Gasteiger partial charge is 0.484 e. The number of carbonyl (C=O) groups is 2. The molecule has 120 valence electrons. The zero-order valence-corrected chi connectivity index (χ0v) is 13.4. The Hall–Kier alpha value is -2.89. The quantitative estimate of drug-likeness (QED) is 0.602. The van der Waals surface area contributed by atoms with Gasteiger partial charge in [-0.1, -0.05) is 12.1 Å². The topological polar surface area (TPSA) is 64.4 Å². The number of rotatable bonds is 6. The molecule has 6 heteroatoms. The van der Waals surface area contributed by atoms with Crippen LogP contribution in [-0.4, -0.2) is 47.1 Å². The first kappa shape index (κ1) is 16.5. The minimum atomic E-state index is -0.141. The van der Waals surface area contributed by atoms with Gasteiger partial charge in [0.15, 0.2) is 12.4 Å². The van der Waals surface area contributed by atoms with Crippen molar-refractivity contribution < 1.29 is 14.3 Å². The minimum absolute atomic E-state index is 0.0594. The number of benzene rings is 1. The Morgan fingerprint density at radius 3 is 2.78 bits per heavy atom. The summed E-state index contributed by atoms with van der Waals surface area (Å²) in [6.07, 6.45) is 6.69. The Morgan fingerprint density at radius 2 is 2.13 bits per heavy atom. The average molecular weight is 313 g/mol. The van der Waals surface area contributed by atoms with Crippen molar-refractivity contribution in [2.45, 2.75) is 0 Å². The number of hydrogen-bond acceptors (Lipinski definition) is 4. The number of hydrogen-bond donors (Lipinski definition) is 0. The highest BCUT2D eigenvalue weighted by Gasteiger charge is 2.07. The van der Waals surface area contributed by atoms with Gasteiger partial charge in [-0.25, -0.2) is 0 Å². The number of likely N-dealkylation sites (N-methyl/N-ethyl adjacent to an activating group) is 1. The van der Waals surface area contributed by atoms with Gasteiger partial charge >= 0.3 is 0 Å². The van der Waals surface area contributed by atoms with Gasteiger partial charge in [-0.2, -0.15) is 5.10 Å². The molecule has 0 atom stereocenters. The minimum Gasteiger partial charge on any atom is -0.484 e. The summed E-state index contributed by atoms with van der Waals surface area (Å²) in [6, 6.07) is 6.76. The number of ether oxygens (including phenoxy) is 1. The summed E-state index contributed by atoms with van der Waals surface area (Å²) in [7, 11) is 5.14. The molecule has 0 N–H and O–H groups in total. The Kier molecular flexibility index (Phi) is 5.30. The van der Waals surface area contributed by atoms with Crippen molar-refractivity contribution in [3.8, 4) is 5.75 Å². The lowest BCUT2D eigenvalue weighted by molar-refractivity contribution is -0.130. The standard InChI is InChI=1S/C17H19N3O3/c1-19(2)17(22)12-23-15-6-4-5-14(9-15)16(21)8-7-13-10-18-20(3)11-13/h4-11H,12H2,1-3H3/b8-7+. The summed E-state index contributed by atoms with van der Waals surface area (Å²) in [5.74, 6) is 0.206. The molecule has 2 rings (SSSR count). The maximum atomic E-state index is 12.2. The second-order valence-electron chi connectivity index (χ2n) is 5.25. The van der Waals surface area contributed by atoms with Gasteiger partial charge in [0.1, 0.15) is 5.75 Å². The smallest absolute Gasteiger partial charge is 0.259 e. The molecule has 2 aromatic rings. The van der Waals surface area contributed by atoms with Gasteiger partial charge in [-0.05, 0) is 24.3 Å². The highest BCUT2D eigenvalue weighted by Crippen LogP contribution is 2.15. The van der Waals surface area contributed by atoms with Crippen LogP contribution >= 0.6 is 0 Å². The molecule has 23 heavy (non-hydrogen) atoms. The molecule has 6 nitrogen and oxygen atoms in total. The van der Waals surface area contributed by atoms with Gasteiger partial charge in [0.05, 0.1) is 6.20 Å². The van der Waals surface area contributed by atoms with Gasteiger partial charge < -0.3 is 9.64 Å². The Labute approximate surface area is 135 Å². The summed E-state index contributed by atoms with van der Waals surface area (Å²) in [5.41, 5.74) is 1.35. The number of nitrogens with zero attached hydrogens (tertiary/aromatic N) is 3. The van der Waals surface area contributed by atoms with Crippen molar-refractivity contribution in [1.29, 1.82) is 0 Å².